The zero-order valence-electron chi connectivity index (χ0n) is 10.7. The molecule has 19 heavy (non-hydrogen) atoms. The van der Waals surface area contributed by atoms with E-state index in [0.29, 0.717) is 18.2 Å². The molecular formula is C14H17ClN2O2. The molecule has 0 atom stereocenters. The number of hydrogen-bond donors (Lipinski definition) is 2. The second-order valence-corrected chi connectivity index (χ2v) is 4.84. The summed E-state index contributed by atoms with van der Waals surface area (Å²) in [6, 6.07) is 7.71. The van der Waals surface area contributed by atoms with Crippen LogP contribution in [0, 0.1) is 12.8 Å². The van der Waals surface area contributed by atoms with Crippen molar-refractivity contribution in [1.82, 2.24) is 10.6 Å². The van der Waals surface area contributed by atoms with Crippen LogP contribution < -0.4 is 10.6 Å². The van der Waals surface area contributed by atoms with Gasteiger partial charge in [-0.1, -0.05) is 18.2 Å². The average Bonchev–Trinajstić information content (AvgIpc) is 2.72. The Kier molecular flexibility index (Phi) is 4.12. The topological polar surface area (TPSA) is 54.3 Å². The first-order valence-electron chi connectivity index (χ1n) is 6.22. The van der Waals surface area contributed by atoms with E-state index in [9.17, 15) is 4.79 Å². The Morgan fingerprint density at radius 2 is 2.26 bits per heavy atom. The molecule has 4 nitrogen and oxygen atoms in total. The largest absolute Gasteiger partial charge is 0.451 e. The van der Waals surface area contributed by atoms with Crippen LogP contribution in [-0.2, 0) is 0 Å². The Morgan fingerprint density at radius 1 is 1.47 bits per heavy atom. The van der Waals surface area contributed by atoms with Gasteiger partial charge in [0.2, 0.25) is 0 Å². The Morgan fingerprint density at radius 3 is 2.89 bits per heavy atom. The first kappa shape index (κ1) is 13.9. The molecule has 0 unspecified atom stereocenters. The van der Waals surface area contributed by atoms with Crippen LogP contribution in [0.15, 0.2) is 28.7 Å². The van der Waals surface area contributed by atoms with Crippen molar-refractivity contribution in [2.75, 3.05) is 19.6 Å². The first-order chi connectivity index (χ1) is 8.74. The van der Waals surface area contributed by atoms with Crippen LogP contribution in [0.3, 0.4) is 0 Å². The maximum atomic E-state index is 11.9. The standard InChI is InChI=1S/C14H16N2O2.ClH/c1-9-3-2-4-11-5-12(18-13(9)11)14(17)16-8-10-6-15-7-10;/h2-5,10,15H,6-8H2,1H3,(H,16,17);1H. The first-order valence-corrected chi connectivity index (χ1v) is 6.22. The Bertz CT molecular complexity index is 590. The number of hydrogen-bond acceptors (Lipinski definition) is 3. The highest BCUT2D eigenvalue weighted by Crippen LogP contribution is 2.22. The van der Waals surface area contributed by atoms with Gasteiger partial charge >= 0.3 is 0 Å². The van der Waals surface area contributed by atoms with Gasteiger partial charge in [0.25, 0.3) is 5.91 Å². The van der Waals surface area contributed by atoms with E-state index >= 15 is 0 Å². The smallest absolute Gasteiger partial charge is 0.287 e. The number of nitrogens with one attached hydrogen (secondary N) is 2. The third-order valence-electron chi connectivity index (χ3n) is 3.38. The van der Waals surface area contributed by atoms with Gasteiger partial charge in [-0.2, -0.15) is 0 Å². The van der Waals surface area contributed by atoms with Gasteiger partial charge in [-0.25, -0.2) is 0 Å². The highest BCUT2D eigenvalue weighted by atomic mass is 35.5. The third-order valence-corrected chi connectivity index (χ3v) is 3.38. The average molecular weight is 281 g/mol. The molecule has 1 aliphatic heterocycles. The van der Waals surface area contributed by atoms with Crippen molar-refractivity contribution in [3.05, 3.63) is 35.6 Å². The Labute approximate surface area is 118 Å². The number of fused-ring (bicyclic) bond motifs is 1. The lowest BCUT2D eigenvalue weighted by atomic mass is 10.0. The summed E-state index contributed by atoms with van der Waals surface area (Å²) in [4.78, 5) is 11.9. The molecule has 2 N–H and O–H groups in total. The minimum Gasteiger partial charge on any atom is -0.451 e. The second-order valence-electron chi connectivity index (χ2n) is 4.84. The molecule has 5 heteroatoms. The molecule has 0 bridgehead atoms. The molecule has 102 valence electrons. The third kappa shape index (κ3) is 2.74. The number of aryl methyl sites for hydroxylation is 1. The van der Waals surface area contributed by atoms with Crippen LogP contribution in [0.2, 0.25) is 0 Å². The van der Waals surface area contributed by atoms with Gasteiger partial charge in [0.05, 0.1) is 0 Å². The summed E-state index contributed by atoms with van der Waals surface area (Å²) in [7, 11) is 0. The summed E-state index contributed by atoms with van der Waals surface area (Å²) >= 11 is 0. The predicted molar refractivity (Wildman–Crippen MR) is 76.9 cm³/mol. The van der Waals surface area contributed by atoms with E-state index in [1.807, 2.05) is 25.1 Å². The van der Waals surface area contributed by atoms with E-state index in [2.05, 4.69) is 10.6 Å². The van der Waals surface area contributed by atoms with Gasteiger partial charge < -0.3 is 15.1 Å². The van der Waals surface area contributed by atoms with Crippen LogP contribution in [0.4, 0.5) is 0 Å². The zero-order valence-corrected chi connectivity index (χ0v) is 11.5. The fourth-order valence-electron chi connectivity index (χ4n) is 2.14. The van der Waals surface area contributed by atoms with Crippen molar-refractivity contribution >= 4 is 29.3 Å². The minimum absolute atomic E-state index is 0. The number of carbonyl (C=O) groups is 1. The van der Waals surface area contributed by atoms with Crippen molar-refractivity contribution in [3.63, 3.8) is 0 Å². The van der Waals surface area contributed by atoms with Crippen molar-refractivity contribution in [2.45, 2.75) is 6.92 Å². The van der Waals surface area contributed by atoms with Crippen LogP contribution >= 0.6 is 12.4 Å². The second kappa shape index (κ2) is 5.63. The number of benzene rings is 1. The maximum Gasteiger partial charge on any atom is 0.287 e. The molecule has 3 rings (SSSR count). The normalized spacial score (nSPS) is 14.8. The molecule has 1 aromatic heterocycles. The number of rotatable bonds is 3. The summed E-state index contributed by atoms with van der Waals surface area (Å²) in [6.07, 6.45) is 0. The molecule has 1 saturated heterocycles. The van der Waals surface area contributed by atoms with E-state index < -0.39 is 0 Å². The van der Waals surface area contributed by atoms with Crippen molar-refractivity contribution < 1.29 is 9.21 Å². The quantitative estimate of drug-likeness (QED) is 0.905. The monoisotopic (exact) mass is 280 g/mol. The molecule has 2 aromatic rings. The molecule has 1 fully saturated rings. The highest BCUT2D eigenvalue weighted by molar-refractivity contribution is 5.96. The van der Waals surface area contributed by atoms with Gasteiger partial charge in [-0.15, -0.1) is 12.4 Å². The molecular weight excluding hydrogens is 264 g/mol. The summed E-state index contributed by atoms with van der Waals surface area (Å²) in [6.45, 7) is 4.66. The van der Waals surface area contributed by atoms with Gasteiger partial charge in [-0.05, 0) is 18.6 Å². The summed E-state index contributed by atoms with van der Waals surface area (Å²) in [5, 5.41) is 7.06. The van der Waals surface area contributed by atoms with Crippen molar-refractivity contribution in [3.8, 4) is 0 Å². The number of para-hydroxylation sites is 1. The Balaban J connectivity index is 0.00000133. The molecule has 2 heterocycles. The number of amides is 1. The minimum atomic E-state index is -0.127. The van der Waals surface area contributed by atoms with Crippen LogP contribution in [0.25, 0.3) is 11.0 Å². The highest BCUT2D eigenvalue weighted by Gasteiger charge is 2.19. The van der Waals surface area contributed by atoms with Crippen LogP contribution in [0.5, 0.6) is 0 Å². The number of carbonyl (C=O) groups excluding carboxylic acids is 1. The molecule has 0 aliphatic carbocycles. The van der Waals surface area contributed by atoms with E-state index in [4.69, 9.17) is 4.42 Å². The van der Waals surface area contributed by atoms with Crippen molar-refractivity contribution in [1.29, 1.82) is 0 Å². The molecule has 0 radical (unpaired) electrons. The molecule has 0 saturated carbocycles. The van der Waals surface area contributed by atoms with Gasteiger partial charge in [-0.3, -0.25) is 4.79 Å². The predicted octanol–water partition coefficient (Wildman–Crippen LogP) is 2.11. The van der Waals surface area contributed by atoms with E-state index in [0.717, 1.165) is 29.6 Å². The lowest BCUT2D eigenvalue weighted by molar-refractivity contribution is 0.0916. The van der Waals surface area contributed by atoms with Crippen LogP contribution in [-0.4, -0.2) is 25.5 Å². The van der Waals surface area contributed by atoms with E-state index in [-0.39, 0.29) is 18.3 Å². The van der Waals surface area contributed by atoms with Gasteiger partial charge in [0, 0.05) is 30.9 Å². The van der Waals surface area contributed by atoms with E-state index in [1.165, 1.54) is 0 Å². The SMILES string of the molecule is Cc1cccc2cc(C(=O)NCC3CNC3)oc12.Cl. The lowest BCUT2D eigenvalue weighted by Crippen LogP contribution is -2.48. The fourth-order valence-corrected chi connectivity index (χ4v) is 2.14. The number of halogens is 1. The summed E-state index contributed by atoms with van der Waals surface area (Å²) < 4.78 is 5.62. The van der Waals surface area contributed by atoms with Gasteiger partial charge in [0.15, 0.2) is 5.76 Å². The van der Waals surface area contributed by atoms with Gasteiger partial charge in [0.1, 0.15) is 5.58 Å². The Hall–Kier alpha value is -1.52. The van der Waals surface area contributed by atoms with Crippen molar-refractivity contribution in [2.24, 2.45) is 5.92 Å². The molecule has 1 amide bonds. The molecule has 1 aliphatic rings. The summed E-state index contributed by atoms with van der Waals surface area (Å²) in [5.74, 6) is 0.823. The lowest BCUT2D eigenvalue weighted by Gasteiger charge is -2.26. The van der Waals surface area contributed by atoms with Crippen LogP contribution in [0.1, 0.15) is 16.1 Å². The number of furan rings is 1. The molecule has 1 aromatic carbocycles. The zero-order chi connectivity index (χ0) is 12.5. The fraction of sp³-hybridized carbons (Fsp3) is 0.357. The van der Waals surface area contributed by atoms with E-state index in [1.54, 1.807) is 6.07 Å². The molecule has 0 spiro atoms. The summed E-state index contributed by atoms with van der Waals surface area (Å²) in [5.41, 5.74) is 1.85. The maximum absolute atomic E-state index is 11.9.